The third-order valence-corrected chi connectivity index (χ3v) is 6.01. The van der Waals surface area contributed by atoms with Gasteiger partial charge in [-0.05, 0) is 51.2 Å². The van der Waals surface area contributed by atoms with Gasteiger partial charge in [0.2, 0.25) is 0 Å². The van der Waals surface area contributed by atoms with Gasteiger partial charge in [-0.25, -0.2) is 9.67 Å². The van der Waals surface area contributed by atoms with Crippen molar-refractivity contribution < 1.29 is 14.6 Å². The van der Waals surface area contributed by atoms with E-state index in [2.05, 4.69) is 27.1 Å². The average Bonchev–Trinajstić information content (AvgIpc) is 3.22. The standard InChI is InChI=1S/C20H27N5O3/c1-3-22-17(10-21-2)25-19-14-8-13(14)9-15(19)18(24-25)20(27)23-16(11-26)12-4-6-28-7-5-12/h3,10,12-14,16,26H,2,4-9,11H2,1H3,(H,23,27)/b17-10+,22-3-/t13-,14-,16+/m1/s1. The van der Waals surface area contributed by atoms with Crippen LogP contribution in [0.2, 0.25) is 0 Å². The van der Waals surface area contributed by atoms with Gasteiger partial charge in [-0.2, -0.15) is 5.10 Å². The van der Waals surface area contributed by atoms with Crippen LogP contribution in [-0.4, -0.2) is 59.6 Å². The minimum atomic E-state index is -0.286. The molecule has 2 heterocycles. The number of aliphatic imine (C=N–C) groups is 2. The summed E-state index contributed by atoms with van der Waals surface area (Å²) in [6.45, 7) is 6.59. The Morgan fingerprint density at radius 2 is 2.29 bits per heavy atom. The SMILES string of the molecule is C=N/C=C(\N=C/C)n1nc(C(=O)N[C@@H](CO)C2CCOCC2)c2c1[C@@H]1C[C@@H]1C2. The molecule has 0 spiro atoms. The summed E-state index contributed by atoms with van der Waals surface area (Å²) in [7, 11) is 0. The number of carbonyl (C=O) groups is 1. The molecule has 1 saturated heterocycles. The van der Waals surface area contributed by atoms with Crippen LogP contribution >= 0.6 is 0 Å². The number of rotatable bonds is 7. The number of aliphatic hydroxyl groups is 1. The molecule has 28 heavy (non-hydrogen) atoms. The van der Waals surface area contributed by atoms with Crippen LogP contribution in [0.5, 0.6) is 0 Å². The number of hydrogen-bond acceptors (Lipinski definition) is 6. The number of aromatic nitrogens is 2. The molecule has 2 N–H and O–H groups in total. The highest BCUT2D eigenvalue weighted by Crippen LogP contribution is 2.57. The molecule has 1 saturated carbocycles. The molecule has 8 heteroatoms. The molecule has 1 amide bonds. The Morgan fingerprint density at radius 1 is 1.50 bits per heavy atom. The Kier molecular flexibility index (Phi) is 5.41. The van der Waals surface area contributed by atoms with E-state index in [1.807, 2.05) is 6.92 Å². The lowest BCUT2D eigenvalue weighted by atomic mass is 9.92. The second kappa shape index (κ2) is 7.97. The number of fused-ring (bicyclic) bond motifs is 3. The van der Waals surface area contributed by atoms with Gasteiger partial charge in [0, 0.05) is 30.9 Å². The molecule has 3 atom stereocenters. The lowest BCUT2D eigenvalue weighted by molar-refractivity contribution is 0.0418. The van der Waals surface area contributed by atoms with Crippen LogP contribution in [0.15, 0.2) is 16.2 Å². The number of hydrogen-bond donors (Lipinski definition) is 2. The zero-order valence-electron chi connectivity index (χ0n) is 16.2. The van der Waals surface area contributed by atoms with Crippen molar-refractivity contribution >= 4 is 24.7 Å². The maximum Gasteiger partial charge on any atom is 0.272 e. The Balaban J connectivity index is 1.62. The molecule has 150 valence electrons. The molecule has 0 unspecified atom stereocenters. The number of nitrogens with one attached hydrogen (secondary N) is 1. The van der Waals surface area contributed by atoms with Crippen molar-refractivity contribution in [2.45, 2.75) is 44.6 Å². The quantitative estimate of drug-likeness (QED) is 0.696. The summed E-state index contributed by atoms with van der Waals surface area (Å²) in [5.74, 6) is 1.58. The molecular weight excluding hydrogens is 358 g/mol. The first-order valence-electron chi connectivity index (χ1n) is 9.94. The highest BCUT2D eigenvalue weighted by Gasteiger charge is 2.50. The van der Waals surface area contributed by atoms with Crippen LogP contribution in [0.3, 0.4) is 0 Å². The van der Waals surface area contributed by atoms with E-state index in [0.29, 0.717) is 36.6 Å². The van der Waals surface area contributed by atoms with Gasteiger partial charge in [0.1, 0.15) is 0 Å². The normalized spacial score (nSPS) is 25.4. The van der Waals surface area contributed by atoms with E-state index in [4.69, 9.17) is 4.74 Å². The molecule has 2 aliphatic carbocycles. The zero-order valence-corrected chi connectivity index (χ0v) is 16.2. The summed E-state index contributed by atoms with van der Waals surface area (Å²) in [4.78, 5) is 21.3. The van der Waals surface area contributed by atoms with E-state index in [-0.39, 0.29) is 24.5 Å². The van der Waals surface area contributed by atoms with E-state index in [9.17, 15) is 9.90 Å². The van der Waals surface area contributed by atoms with Gasteiger partial charge in [0.25, 0.3) is 5.91 Å². The summed E-state index contributed by atoms with van der Waals surface area (Å²) in [5, 5.41) is 17.4. The highest BCUT2D eigenvalue weighted by atomic mass is 16.5. The van der Waals surface area contributed by atoms with Crippen LogP contribution < -0.4 is 5.32 Å². The largest absolute Gasteiger partial charge is 0.394 e. The fourth-order valence-corrected chi connectivity index (χ4v) is 4.50. The molecule has 2 fully saturated rings. The first-order chi connectivity index (χ1) is 13.7. The lowest BCUT2D eigenvalue weighted by Crippen LogP contribution is -2.45. The van der Waals surface area contributed by atoms with Crippen molar-refractivity contribution in [2.75, 3.05) is 19.8 Å². The summed E-state index contributed by atoms with van der Waals surface area (Å²) in [5.41, 5.74) is 2.51. The summed E-state index contributed by atoms with van der Waals surface area (Å²) in [6, 6.07) is -0.286. The first-order valence-corrected chi connectivity index (χ1v) is 9.94. The van der Waals surface area contributed by atoms with E-state index < -0.39 is 0 Å². The van der Waals surface area contributed by atoms with Gasteiger partial charge in [-0.15, -0.1) is 0 Å². The Morgan fingerprint density at radius 3 is 2.96 bits per heavy atom. The van der Waals surface area contributed by atoms with E-state index in [1.165, 1.54) is 0 Å². The molecule has 0 aromatic carbocycles. The maximum absolute atomic E-state index is 13.1. The Bertz CT molecular complexity index is 822. The number of amides is 1. The van der Waals surface area contributed by atoms with Crippen molar-refractivity contribution in [3.63, 3.8) is 0 Å². The minimum Gasteiger partial charge on any atom is -0.394 e. The molecule has 1 aliphatic heterocycles. The highest BCUT2D eigenvalue weighted by molar-refractivity contribution is 5.95. The molecule has 0 radical (unpaired) electrons. The van der Waals surface area contributed by atoms with Crippen LogP contribution in [0, 0.1) is 11.8 Å². The summed E-state index contributed by atoms with van der Waals surface area (Å²) in [6.07, 6.45) is 6.91. The van der Waals surface area contributed by atoms with Crippen LogP contribution in [0.1, 0.15) is 53.8 Å². The van der Waals surface area contributed by atoms with Crippen LogP contribution in [-0.2, 0) is 11.2 Å². The predicted molar refractivity (Wildman–Crippen MR) is 107 cm³/mol. The first kappa shape index (κ1) is 19.0. The summed E-state index contributed by atoms with van der Waals surface area (Å²) >= 11 is 0. The van der Waals surface area contributed by atoms with E-state index in [0.717, 1.165) is 36.9 Å². The fourth-order valence-electron chi connectivity index (χ4n) is 4.50. The van der Waals surface area contributed by atoms with Gasteiger partial charge in [-0.1, -0.05) is 0 Å². The van der Waals surface area contributed by atoms with Crippen molar-refractivity contribution in [3.05, 3.63) is 23.2 Å². The number of ether oxygens (including phenoxy) is 1. The van der Waals surface area contributed by atoms with Crippen LogP contribution in [0.25, 0.3) is 5.82 Å². The maximum atomic E-state index is 13.1. The lowest BCUT2D eigenvalue weighted by Gasteiger charge is -2.29. The molecule has 1 aromatic heterocycles. The number of aliphatic hydroxyl groups excluding tert-OH is 1. The Hall–Kier alpha value is -2.32. The molecule has 4 rings (SSSR count). The van der Waals surface area contributed by atoms with E-state index in [1.54, 1.807) is 17.1 Å². The van der Waals surface area contributed by atoms with Gasteiger partial charge >= 0.3 is 0 Å². The predicted octanol–water partition coefficient (Wildman–Crippen LogP) is 1.61. The van der Waals surface area contributed by atoms with Crippen molar-refractivity contribution in [1.29, 1.82) is 0 Å². The molecule has 1 aromatic rings. The number of carbonyl (C=O) groups excluding carboxylic acids is 1. The molecular formula is C20H27N5O3. The van der Waals surface area contributed by atoms with Crippen molar-refractivity contribution in [3.8, 4) is 0 Å². The third-order valence-electron chi connectivity index (χ3n) is 6.01. The van der Waals surface area contributed by atoms with Gasteiger partial charge in [0.15, 0.2) is 11.5 Å². The van der Waals surface area contributed by atoms with Crippen molar-refractivity contribution in [1.82, 2.24) is 15.1 Å². The third kappa shape index (κ3) is 3.42. The number of nitrogens with zero attached hydrogens (tertiary/aromatic N) is 4. The Labute approximate surface area is 164 Å². The molecule has 3 aliphatic rings. The molecule has 8 nitrogen and oxygen atoms in total. The summed E-state index contributed by atoms with van der Waals surface area (Å²) < 4.78 is 7.14. The minimum absolute atomic E-state index is 0.0871. The van der Waals surface area contributed by atoms with Crippen LogP contribution in [0.4, 0.5) is 0 Å². The van der Waals surface area contributed by atoms with Gasteiger partial charge in [0.05, 0.1) is 24.5 Å². The van der Waals surface area contributed by atoms with Crippen molar-refractivity contribution in [2.24, 2.45) is 21.8 Å². The average molecular weight is 385 g/mol. The monoisotopic (exact) mass is 385 g/mol. The topological polar surface area (TPSA) is 101 Å². The second-order valence-electron chi connectivity index (χ2n) is 7.70. The second-order valence-corrected chi connectivity index (χ2v) is 7.70. The fraction of sp³-hybridized carbons (Fsp3) is 0.600. The molecule has 0 bridgehead atoms. The smallest absolute Gasteiger partial charge is 0.272 e. The zero-order chi connectivity index (χ0) is 19.7. The van der Waals surface area contributed by atoms with Gasteiger partial charge in [-0.3, -0.25) is 9.79 Å². The van der Waals surface area contributed by atoms with E-state index >= 15 is 0 Å². The van der Waals surface area contributed by atoms with Gasteiger partial charge < -0.3 is 15.2 Å².